The zero-order valence-corrected chi connectivity index (χ0v) is 9.63. The fraction of sp³-hybridized carbons (Fsp3) is 1.00. The molecule has 2 heteroatoms. The summed E-state index contributed by atoms with van der Waals surface area (Å²) in [6.07, 6.45) is 6.79. The van der Waals surface area contributed by atoms with Gasteiger partial charge in [0.1, 0.15) is 0 Å². The average molecular weight is 196 g/mol. The summed E-state index contributed by atoms with van der Waals surface area (Å²) in [6.45, 7) is 7.21. The van der Waals surface area contributed by atoms with Crippen LogP contribution in [0.3, 0.4) is 0 Å². The first-order valence-electron chi connectivity index (χ1n) is 6.11. The van der Waals surface area contributed by atoms with Crippen molar-refractivity contribution in [3.63, 3.8) is 0 Å². The van der Waals surface area contributed by atoms with Gasteiger partial charge in [-0.2, -0.15) is 0 Å². The molecule has 1 saturated heterocycles. The normalized spacial score (nSPS) is 38.8. The SMILES string of the molecule is CC1(C)CCC(N2CCCCC2)C1N. The van der Waals surface area contributed by atoms with E-state index in [-0.39, 0.29) is 0 Å². The molecule has 0 amide bonds. The molecule has 0 aromatic rings. The highest BCUT2D eigenvalue weighted by molar-refractivity contribution is 4.99. The lowest BCUT2D eigenvalue weighted by Gasteiger charge is -2.37. The molecule has 2 atom stereocenters. The van der Waals surface area contributed by atoms with Gasteiger partial charge in [0.25, 0.3) is 0 Å². The number of hydrogen-bond donors (Lipinski definition) is 1. The van der Waals surface area contributed by atoms with Gasteiger partial charge >= 0.3 is 0 Å². The Kier molecular flexibility index (Phi) is 2.85. The van der Waals surface area contributed by atoms with Gasteiger partial charge in [-0.1, -0.05) is 20.3 Å². The van der Waals surface area contributed by atoms with E-state index in [9.17, 15) is 0 Å². The van der Waals surface area contributed by atoms with Gasteiger partial charge in [0.15, 0.2) is 0 Å². The topological polar surface area (TPSA) is 29.3 Å². The summed E-state index contributed by atoms with van der Waals surface area (Å²) >= 11 is 0. The highest BCUT2D eigenvalue weighted by atomic mass is 15.2. The summed E-state index contributed by atoms with van der Waals surface area (Å²) in [5.41, 5.74) is 6.71. The summed E-state index contributed by atoms with van der Waals surface area (Å²) in [7, 11) is 0. The minimum Gasteiger partial charge on any atom is -0.326 e. The Hall–Kier alpha value is -0.0800. The van der Waals surface area contributed by atoms with E-state index < -0.39 is 0 Å². The molecule has 0 radical (unpaired) electrons. The van der Waals surface area contributed by atoms with Crippen LogP contribution in [0, 0.1) is 5.41 Å². The van der Waals surface area contributed by atoms with Crippen LogP contribution in [0.1, 0.15) is 46.0 Å². The Morgan fingerprint density at radius 3 is 2.29 bits per heavy atom. The van der Waals surface area contributed by atoms with Gasteiger partial charge < -0.3 is 5.73 Å². The quantitative estimate of drug-likeness (QED) is 0.695. The van der Waals surface area contributed by atoms with Crippen LogP contribution >= 0.6 is 0 Å². The van der Waals surface area contributed by atoms with Crippen molar-refractivity contribution in [2.75, 3.05) is 13.1 Å². The van der Waals surface area contributed by atoms with Crippen LogP contribution in [0.4, 0.5) is 0 Å². The molecule has 0 bridgehead atoms. The van der Waals surface area contributed by atoms with Crippen molar-refractivity contribution >= 4 is 0 Å². The maximum atomic E-state index is 6.35. The van der Waals surface area contributed by atoms with Crippen molar-refractivity contribution in [1.29, 1.82) is 0 Å². The van der Waals surface area contributed by atoms with E-state index >= 15 is 0 Å². The number of rotatable bonds is 1. The fourth-order valence-electron chi connectivity index (χ4n) is 3.05. The van der Waals surface area contributed by atoms with Gasteiger partial charge in [0.05, 0.1) is 0 Å². The van der Waals surface area contributed by atoms with E-state index in [1.54, 1.807) is 0 Å². The molecule has 2 nitrogen and oxygen atoms in total. The first-order chi connectivity index (χ1) is 6.61. The maximum absolute atomic E-state index is 6.35. The Morgan fingerprint density at radius 1 is 1.14 bits per heavy atom. The molecule has 1 aliphatic carbocycles. The number of likely N-dealkylation sites (tertiary alicyclic amines) is 1. The number of piperidine rings is 1. The van der Waals surface area contributed by atoms with Crippen LogP contribution in [0.25, 0.3) is 0 Å². The lowest BCUT2D eigenvalue weighted by atomic mass is 9.87. The zero-order valence-electron chi connectivity index (χ0n) is 9.63. The molecule has 0 aromatic carbocycles. The molecule has 0 aromatic heterocycles. The third kappa shape index (κ3) is 1.82. The van der Waals surface area contributed by atoms with E-state index in [4.69, 9.17) is 5.73 Å². The van der Waals surface area contributed by atoms with Crippen molar-refractivity contribution in [3.05, 3.63) is 0 Å². The number of hydrogen-bond acceptors (Lipinski definition) is 2. The van der Waals surface area contributed by atoms with E-state index in [1.807, 2.05) is 0 Å². The van der Waals surface area contributed by atoms with Crippen molar-refractivity contribution in [3.8, 4) is 0 Å². The molecule has 2 fully saturated rings. The minimum atomic E-state index is 0.363. The summed E-state index contributed by atoms with van der Waals surface area (Å²) in [5.74, 6) is 0. The van der Waals surface area contributed by atoms with E-state index in [0.717, 1.165) is 0 Å². The van der Waals surface area contributed by atoms with E-state index in [0.29, 0.717) is 17.5 Å². The molecule has 2 unspecified atom stereocenters. The van der Waals surface area contributed by atoms with Gasteiger partial charge in [-0.15, -0.1) is 0 Å². The first kappa shape index (κ1) is 10.4. The number of nitrogens with two attached hydrogens (primary N) is 1. The molecule has 2 aliphatic rings. The Balaban J connectivity index is 1.98. The van der Waals surface area contributed by atoms with Gasteiger partial charge in [-0.25, -0.2) is 0 Å². The molecule has 2 rings (SSSR count). The predicted octanol–water partition coefficient (Wildman–Crippen LogP) is 1.99. The zero-order chi connectivity index (χ0) is 10.2. The van der Waals surface area contributed by atoms with Gasteiger partial charge in [-0.3, -0.25) is 4.90 Å². The smallest absolute Gasteiger partial charge is 0.0252 e. The van der Waals surface area contributed by atoms with Crippen LogP contribution in [0.5, 0.6) is 0 Å². The first-order valence-corrected chi connectivity index (χ1v) is 6.11. The lowest BCUT2D eigenvalue weighted by Crippen LogP contribution is -2.50. The third-order valence-electron chi connectivity index (χ3n) is 4.26. The van der Waals surface area contributed by atoms with Crippen molar-refractivity contribution in [1.82, 2.24) is 4.90 Å². The van der Waals surface area contributed by atoms with Gasteiger partial charge in [0.2, 0.25) is 0 Å². The molecule has 0 spiro atoms. The second kappa shape index (κ2) is 3.82. The molecule has 82 valence electrons. The molecule has 14 heavy (non-hydrogen) atoms. The second-order valence-corrected chi connectivity index (χ2v) is 5.72. The maximum Gasteiger partial charge on any atom is 0.0252 e. The van der Waals surface area contributed by atoms with Crippen molar-refractivity contribution < 1.29 is 0 Å². The van der Waals surface area contributed by atoms with Crippen LogP contribution < -0.4 is 5.73 Å². The van der Waals surface area contributed by atoms with Gasteiger partial charge in [0, 0.05) is 12.1 Å². The Morgan fingerprint density at radius 2 is 1.79 bits per heavy atom. The summed E-state index contributed by atoms with van der Waals surface area (Å²) in [6, 6.07) is 1.06. The standard InChI is InChI=1S/C12H24N2/c1-12(2)7-6-10(11(12)13)14-8-4-3-5-9-14/h10-11H,3-9,13H2,1-2H3. The fourth-order valence-corrected chi connectivity index (χ4v) is 3.05. The average Bonchev–Trinajstić information content (AvgIpc) is 2.44. The Bertz CT molecular complexity index is 194. The van der Waals surface area contributed by atoms with Crippen LogP contribution in [0.15, 0.2) is 0 Å². The molecule has 2 N–H and O–H groups in total. The molecule has 1 aliphatic heterocycles. The van der Waals surface area contributed by atoms with Crippen LogP contribution in [0.2, 0.25) is 0 Å². The molecule has 1 saturated carbocycles. The monoisotopic (exact) mass is 196 g/mol. The minimum absolute atomic E-state index is 0.363. The van der Waals surface area contributed by atoms with Crippen molar-refractivity contribution in [2.24, 2.45) is 11.1 Å². The highest BCUT2D eigenvalue weighted by Gasteiger charge is 2.42. The summed E-state index contributed by atoms with van der Waals surface area (Å²) < 4.78 is 0. The lowest BCUT2D eigenvalue weighted by molar-refractivity contribution is 0.138. The number of nitrogens with zero attached hydrogens (tertiary/aromatic N) is 1. The van der Waals surface area contributed by atoms with Crippen molar-refractivity contribution in [2.45, 2.75) is 58.0 Å². The molecular weight excluding hydrogens is 172 g/mol. The molecule has 1 heterocycles. The van der Waals surface area contributed by atoms with Crippen LogP contribution in [-0.2, 0) is 0 Å². The van der Waals surface area contributed by atoms with E-state index in [2.05, 4.69) is 18.7 Å². The summed E-state index contributed by atoms with van der Waals surface area (Å²) in [5, 5.41) is 0. The Labute approximate surface area is 87.8 Å². The molecular formula is C12H24N2. The second-order valence-electron chi connectivity index (χ2n) is 5.72. The third-order valence-corrected chi connectivity index (χ3v) is 4.26. The predicted molar refractivity (Wildman–Crippen MR) is 60.2 cm³/mol. The van der Waals surface area contributed by atoms with Gasteiger partial charge in [-0.05, 0) is 44.2 Å². The van der Waals surface area contributed by atoms with Crippen LogP contribution in [-0.4, -0.2) is 30.1 Å². The van der Waals surface area contributed by atoms with E-state index in [1.165, 1.54) is 45.2 Å². The highest BCUT2D eigenvalue weighted by Crippen LogP contribution is 2.39. The largest absolute Gasteiger partial charge is 0.326 e. The summed E-state index contributed by atoms with van der Waals surface area (Å²) in [4.78, 5) is 2.64.